The first-order valence-electron chi connectivity index (χ1n) is 4.03. The van der Waals surface area contributed by atoms with Crippen LogP contribution in [-0.2, 0) is 13.7 Å². The second-order valence-corrected chi connectivity index (χ2v) is 3.07. The van der Waals surface area contributed by atoms with Crippen molar-refractivity contribution in [2.45, 2.75) is 6.61 Å². The van der Waals surface area contributed by atoms with Crippen LogP contribution in [0.25, 0.3) is 10.9 Å². The minimum atomic E-state index is -0.0433. The summed E-state index contributed by atoms with van der Waals surface area (Å²) in [6.45, 7) is -0.0433. The fraction of sp³-hybridized carbons (Fsp3) is 0.222. The zero-order valence-corrected chi connectivity index (χ0v) is 7.36. The van der Waals surface area contributed by atoms with E-state index in [1.54, 1.807) is 4.68 Å². The average molecular weight is 177 g/mol. The molecule has 0 bridgehead atoms. The molecule has 13 heavy (non-hydrogen) atoms. The molecule has 0 radical (unpaired) electrons. The van der Waals surface area contributed by atoms with Crippen LogP contribution < -0.4 is 5.73 Å². The maximum atomic E-state index is 8.97. The van der Waals surface area contributed by atoms with Crippen molar-refractivity contribution in [3.05, 3.63) is 23.9 Å². The minimum Gasteiger partial charge on any atom is -0.398 e. The molecule has 0 fully saturated rings. The molecule has 68 valence electrons. The SMILES string of the molecule is Cn1cc2cc(N)c(CO)cc2n1. The number of aromatic nitrogens is 2. The Bertz CT molecular complexity index is 447. The predicted octanol–water partition coefficient (Wildman–Crippen LogP) is 0.648. The number of hydrogen-bond acceptors (Lipinski definition) is 3. The molecule has 1 heterocycles. The molecular formula is C9H11N3O. The van der Waals surface area contributed by atoms with E-state index in [2.05, 4.69) is 5.10 Å². The monoisotopic (exact) mass is 177 g/mol. The van der Waals surface area contributed by atoms with Gasteiger partial charge in [-0.2, -0.15) is 5.10 Å². The van der Waals surface area contributed by atoms with Gasteiger partial charge in [0.2, 0.25) is 0 Å². The first-order valence-corrected chi connectivity index (χ1v) is 4.03. The molecule has 1 aromatic carbocycles. The number of anilines is 1. The van der Waals surface area contributed by atoms with Crippen LogP contribution in [0.2, 0.25) is 0 Å². The first kappa shape index (κ1) is 8.07. The number of aliphatic hydroxyl groups excluding tert-OH is 1. The summed E-state index contributed by atoms with van der Waals surface area (Å²) < 4.78 is 1.73. The molecule has 2 rings (SSSR count). The van der Waals surface area contributed by atoms with Crippen molar-refractivity contribution in [1.82, 2.24) is 9.78 Å². The first-order chi connectivity index (χ1) is 6.20. The maximum absolute atomic E-state index is 8.97. The number of nitrogens with zero attached hydrogens (tertiary/aromatic N) is 2. The molecule has 0 aliphatic rings. The topological polar surface area (TPSA) is 64.1 Å². The summed E-state index contributed by atoms with van der Waals surface area (Å²) in [5, 5.41) is 14.2. The number of nitrogens with two attached hydrogens (primary N) is 1. The average Bonchev–Trinajstić information content (AvgIpc) is 2.42. The lowest BCUT2D eigenvalue weighted by Gasteiger charge is -2.00. The van der Waals surface area contributed by atoms with E-state index in [4.69, 9.17) is 10.8 Å². The summed E-state index contributed by atoms with van der Waals surface area (Å²) >= 11 is 0. The zero-order valence-electron chi connectivity index (χ0n) is 7.36. The molecule has 2 aromatic rings. The Labute approximate surface area is 75.6 Å². The third-order valence-corrected chi connectivity index (χ3v) is 2.05. The summed E-state index contributed by atoms with van der Waals surface area (Å²) in [4.78, 5) is 0. The summed E-state index contributed by atoms with van der Waals surface area (Å²) in [6.07, 6.45) is 1.90. The van der Waals surface area contributed by atoms with Crippen LogP contribution in [0.4, 0.5) is 5.69 Å². The molecule has 1 aromatic heterocycles. The Morgan fingerprint density at radius 3 is 3.00 bits per heavy atom. The van der Waals surface area contributed by atoms with Gasteiger partial charge in [-0.15, -0.1) is 0 Å². The van der Waals surface area contributed by atoms with Crippen LogP contribution in [0.15, 0.2) is 18.3 Å². The van der Waals surface area contributed by atoms with Crippen molar-refractivity contribution in [2.75, 3.05) is 5.73 Å². The van der Waals surface area contributed by atoms with Gasteiger partial charge in [0.1, 0.15) is 0 Å². The molecular weight excluding hydrogens is 166 g/mol. The summed E-state index contributed by atoms with van der Waals surface area (Å²) in [5.74, 6) is 0. The zero-order chi connectivity index (χ0) is 9.42. The van der Waals surface area contributed by atoms with Crippen molar-refractivity contribution in [1.29, 1.82) is 0 Å². The lowest BCUT2D eigenvalue weighted by molar-refractivity contribution is 0.282. The Hall–Kier alpha value is -1.55. The van der Waals surface area contributed by atoms with E-state index in [1.165, 1.54) is 0 Å². The molecule has 0 aliphatic carbocycles. The number of fused-ring (bicyclic) bond motifs is 1. The van der Waals surface area contributed by atoms with Gasteiger partial charge in [-0.05, 0) is 12.1 Å². The molecule has 0 atom stereocenters. The molecule has 0 saturated heterocycles. The molecule has 4 nitrogen and oxygen atoms in total. The quantitative estimate of drug-likeness (QED) is 0.628. The second-order valence-electron chi connectivity index (χ2n) is 3.07. The lowest BCUT2D eigenvalue weighted by Crippen LogP contribution is -1.93. The maximum Gasteiger partial charge on any atom is 0.0928 e. The van der Waals surface area contributed by atoms with Crippen molar-refractivity contribution < 1.29 is 5.11 Å². The van der Waals surface area contributed by atoms with Crippen molar-refractivity contribution in [3.8, 4) is 0 Å². The van der Waals surface area contributed by atoms with Crippen LogP contribution in [0.5, 0.6) is 0 Å². The molecule has 0 amide bonds. The lowest BCUT2D eigenvalue weighted by atomic mass is 10.1. The van der Waals surface area contributed by atoms with Crippen LogP contribution >= 0.6 is 0 Å². The fourth-order valence-electron chi connectivity index (χ4n) is 1.39. The Morgan fingerprint density at radius 2 is 2.31 bits per heavy atom. The van der Waals surface area contributed by atoms with E-state index in [0.717, 1.165) is 16.5 Å². The van der Waals surface area contributed by atoms with Crippen LogP contribution in [0, 0.1) is 0 Å². The van der Waals surface area contributed by atoms with E-state index in [1.807, 2.05) is 25.4 Å². The van der Waals surface area contributed by atoms with Gasteiger partial charge in [0.05, 0.1) is 12.1 Å². The highest BCUT2D eigenvalue weighted by molar-refractivity contribution is 5.83. The van der Waals surface area contributed by atoms with E-state index < -0.39 is 0 Å². The minimum absolute atomic E-state index is 0.0433. The van der Waals surface area contributed by atoms with Crippen LogP contribution in [0.3, 0.4) is 0 Å². The number of rotatable bonds is 1. The highest BCUT2D eigenvalue weighted by Gasteiger charge is 2.03. The normalized spacial score (nSPS) is 10.9. The van der Waals surface area contributed by atoms with Crippen molar-refractivity contribution in [3.63, 3.8) is 0 Å². The Kier molecular flexibility index (Phi) is 1.70. The number of hydrogen-bond donors (Lipinski definition) is 2. The molecule has 0 saturated carbocycles. The highest BCUT2D eigenvalue weighted by Crippen LogP contribution is 2.20. The number of aliphatic hydroxyl groups is 1. The highest BCUT2D eigenvalue weighted by atomic mass is 16.3. The van der Waals surface area contributed by atoms with Gasteiger partial charge in [0, 0.05) is 29.9 Å². The van der Waals surface area contributed by atoms with Crippen molar-refractivity contribution >= 4 is 16.6 Å². The van der Waals surface area contributed by atoms with E-state index in [-0.39, 0.29) is 6.61 Å². The third-order valence-electron chi connectivity index (χ3n) is 2.05. The van der Waals surface area contributed by atoms with E-state index in [0.29, 0.717) is 5.69 Å². The molecule has 4 heteroatoms. The van der Waals surface area contributed by atoms with Crippen molar-refractivity contribution in [2.24, 2.45) is 7.05 Å². The van der Waals surface area contributed by atoms with Crippen LogP contribution in [0.1, 0.15) is 5.56 Å². The number of aryl methyl sites for hydroxylation is 1. The smallest absolute Gasteiger partial charge is 0.0928 e. The van der Waals surface area contributed by atoms with Gasteiger partial charge in [-0.3, -0.25) is 4.68 Å². The molecule has 0 aliphatic heterocycles. The van der Waals surface area contributed by atoms with Gasteiger partial charge < -0.3 is 10.8 Å². The number of nitrogen functional groups attached to an aromatic ring is 1. The summed E-state index contributed by atoms with van der Waals surface area (Å²) in [5.41, 5.74) is 7.91. The standard InChI is InChI=1S/C9H11N3O/c1-12-4-6-2-8(10)7(5-13)3-9(6)11-12/h2-4,13H,5,10H2,1H3. The Balaban J connectivity index is 2.72. The Morgan fingerprint density at radius 1 is 1.54 bits per heavy atom. The molecule has 3 N–H and O–H groups in total. The molecule has 0 spiro atoms. The second kappa shape index (κ2) is 2.74. The van der Waals surface area contributed by atoms with E-state index in [9.17, 15) is 0 Å². The third kappa shape index (κ3) is 1.25. The molecule has 0 unspecified atom stereocenters. The van der Waals surface area contributed by atoms with Gasteiger partial charge in [-0.1, -0.05) is 0 Å². The largest absolute Gasteiger partial charge is 0.398 e. The fourth-order valence-corrected chi connectivity index (χ4v) is 1.39. The van der Waals surface area contributed by atoms with E-state index >= 15 is 0 Å². The van der Waals surface area contributed by atoms with Crippen LogP contribution in [-0.4, -0.2) is 14.9 Å². The van der Waals surface area contributed by atoms with Gasteiger partial charge >= 0.3 is 0 Å². The summed E-state index contributed by atoms with van der Waals surface area (Å²) in [7, 11) is 1.86. The predicted molar refractivity (Wildman–Crippen MR) is 51.0 cm³/mol. The van der Waals surface area contributed by atoms with Gasteiger partial charge in [0.15, 0.2) is 0 Å². The summed E-state index contributed by atoms with van der Waals surface area (Å²) in [6, 6.07) is 3.64. The van der Waals surface area contributed by atoms with Gasteiger partial charge in [-0.25, -0.2) is 0 Å². The number of benzene rings is 1. The van der Waals surface area contributed by atoms with Gasteiger partial charge in [0.25, 0.3) is 0 Å².